The first kappa shape index (κ1) is 16.4. The lowest BCUT2D eigenvalue weighted by molar-refractivity contribution is -0.116. The fraction of sp³-hybridized carbons (Fsp3) is 0.562. The predicted octanol–water partition coefficient (Wildman–Crippen LogP) is 1.34. The molecular weight excluding hydrogens is 314 g/mol. The summed E-state index contributed by atoms with van der Waals surface area (Å²) in [5.74, 6) is -0.0202. The Morgan fingerprint density at radius 1 is 1.17 bits per heavy atom. The van der Waals surface area contributed by atoms with E-state index in [0.717, 1.165) is 31.6 Å². The minimum absolute atomic E-state index is 0.0202. The number of fused-ring (bicyclic) bond motifs is 1. The SMILES string of the molecule is O=C1CCc2cc(S(=O)(=O)NCCCN3CCCC3)ccc2N1. The van der Waals surface area contributed by atoms with Crippen LogP contribution in [0, 0.1) is 0 Å². The Morgan fingerprint density at radius 2 is 1.96 bits per heavy atom. The zero-order valence-corrected chi connectivity index (χ0v) is 14.0. The molecule has 126 valence electrons. The number of sulfonamides is 1. The molecule has 1 fully saturated rings. The average Bonchev–Trinajstić information content (AvgIpc) is 3.04. The second kappa shape index (κ2) is 6.98. The molecule has 7 heteroatoms. The lowest BCUT2D eigenvalue weighted by Gasteiger charge is -2.18. The molecule has 0 aliphatic carbocycles. The molecule has 1 saturated heterocycles. The summed E-state index contributed by atoms with van der Waals surface area (Å²) in [7, 11) is -3.48. The second-order valence-electron chi connectivity index (χ2n) is 6.17. The van der Waals surface area contributed by atoms with Gasteiger partial charge in [0.2, 0.25) is 15.9 Å². The van der Waals surface area contributed by atoms with Gasteiger partial charge in [0.05, 0.1) is 4.90 Å². The van der Waals surface area contributed by atoms with Crippen LogP contribution >= 0.6 is 0 Å². The lowest BCUT2D eigenvalue weighted by Crippen LogP contribution is -2.29. The Labute approximate surface area is 137 Å². The summed E-state index contributed by atoms with van der Waals surface area (Å²) in [6.07, 6.45) is 4.30. The molecule has 2 aliphatic rings. The molecule has 2 N–H and O–H groups in total. The van der Waals surface area contributed by atoms with Crippen molar-refractivity contribution in [1.29, 1.82) is 0 Å². The van der Waals surface area contributed by atoms with Gasteiger partial charge in [-0.2, -0.15) is 0 Å². The van der Waals surface area contributed by atoms with Gasteiger partial charge in [-0.15, -0.1) is 0 Å². The van der Waals surface area contributed by atoms with Crippen LogP contribution in [0.2, 0.25) is 0 Å². The van der Waals surface area contributed by atoms with Gasteiger partial charge in [0.1, 0.15) is 0 Å². The number of nitrogens with zero attached hydrogens (tertiary/aromatic N) is 1. The van der Waals surface area contributed by atoms with Gasteiger partial charge in [-0.3, -0.25) is 4.79 Å². The molecular formula is C16H23N3O3S. The van der Waals surface area contributed by atoms with Gasteiger partial charge in [0.15, 0.2) is 0 Å². The summed E-state index contributed by atoms with van der Waals surface area (Å²) in [6, 6.07) is 4.88. The van der Waals surface area contributed by atoms with Crippen molar-refractivity contribution >= 4 is 21.6 Å². The van der Waals surface area contributed by atoms with E-state index in [1.54, 1.807) is 18.2 Å². The van der Waals surface area contributed by atoms with Crippen LogP contribution in [0.25, 0.3) is 0 Å². The van der Waals surface area contributed by atoms with Crippen LogP contribution in [0.5, 0.6) is 0 Å². The molecule has 1 aromatic carbocycles. The fourth-order valence-electron chi connectivity index (χ4n) is 3.13. The maximum absolute atomic E-state index is 12.4. The number of benzene rings is 1. The summed E-state index contributed by atoms with van der Waals surface area (Å²) in [6.45, 7) is 3.65. The normalized spacial score (nSPS) is 18.7. The number of rotatable bonds is 6. The van der Waals surface area contributed by atoms with E-state index in [1.807, 2.05) is 0 Å². The Balaban J connectivity index is 1.57. The van der Waals surface area contributed by atoms with Crippen molar-refractivity contribution in [3.05, 3.63) is 23.8 Å². The van der Waals surface area contributed by atoms with Crippen molar-refractivity contribution in [2.45, 2.75) is 37.0 Å². The Hall–Kier alpha value is -1.44. The number of likely N-dealkylation sites (tertiary alicyclic amines) is 1. The molecule has 0 aromatic heterocycles. The van der Waals surface area contributed by atoms with Crippen LogP contribution in [0.3, 0.4) is 0 Å². The van der Waals surface area contributed by atoms with Crippen LogP contribution in [-0.4, -0.2) is 45.4 Å². The van der Waals surface area contributed by atoms with Crippen molar-refractivity contribution in [2.75, 3.05) is 31.5 Å². The van der Waals surface area contributed by atoms with Gasteiger partial charge >= 0.3 is 0 Å². The molecule has 1 aromatic rings. The summed E-state index contributed by atoms with van der Waals surface area (Å²) in [5.41, 5.74) is 1.60. The number of aryl methyl sites for hydroxylation is 1. The number of nitrogens with one attached hydrogen (secondary N) is 2. The number of hydrogen-bond acceptors (Lipinski definition) is 4. The zero-order chi connectivity index (χ0) is 16.3. The lowest BCUT2D eigenvalue weighted by atomic mass is 10.0. The Bertz CT molecular complexity index is 682. The van der Waals surface area contributed by atoms with Crippen molar-refractivity contribution in [2.24, 2.45) is 0 Å². The number of amides is 1. The van der Waals surface area contributed by atoms with E-state index in [4.69, 9.17) is 0 Å². The first-order chi connectivity index (χ1) is 11.0. The molecule has 0 radical (unpaired) electrons. The second-order valence-corrected chi connectivity index (χ2v) is 7.93. The van der Waals surface area contributed by atoms with E-state index in [9.17, 15) is 13.2 Å². The van der Waals surface area contributed by atoms with Crippen molar-refractivity contribution in [3.8, 4) is 0 Å². The molecule has 0 spiro atoms. The van der Waals surface area contributed by atoms with Gasteiger partial charge in [0, 0.05) is 18.7 Å². The highest BCUT2D eigenvalue weighted by molar-refractivity contribution is 7.89. The first-order valence-corrected chi connectivity index (χ1v) is 9.68. The first-order valence-electron chi connectivity index (χ1n) is 8.19. The fourth-order valence-corrected chi connectivity index (χ4v) is 4.25. The molecule has 6 nitrogen and oxygen atoms in total. The highest BCUT2D eigenvalue weighted by atomic mass is 32.2. The molecule has 0 bridgehead atoms. The zero-order valence-electron chi connectivity index (χ0n) is 13.2. The minimum Gasteiger partial charge on any atom is -0.326 e. The summed E-state index contributed by atoms with van der Waals surface area (Å²) >= 11 is 0. The van der Waals surface area contributed by atoms with Gasteiger partial charge in [-0.05, 0) is 69.1 Å². The topological polar surface area (TPSA) is 78.5 Å². The highest BCUT2D eigenvalue weighted by Crippen LogP contribution is 2.25. The Morgan fingerprint density at radius 3 is 2.74 bits per heavy atom. The smallest absolute Gasteiger partial charge is 0.240 e. The predicted molar refractivity (Wildman–Crippen MR) is 88.9 cm³/mol. The monoisotopic (exact) mass is 337 g/mol. The third kappa shape index (κ3) is 4.10. The summed E-state index contributed by atoms with van der Waals surface area (Å²) in [4.78, 5) is 14.0. The van der Waals surface area contributed by atoms with Crippen LogP contribution < -0.4 is 10.0 Å². The molecule has 0 atom stereocenters. The summed E-state index contributed by atoms with van der Waals surface area (Å²) < 4.78 is 27.4. The Kier molecular flexibility index (Phi) is 4.99. The van der Waals surface area contributed by atoms with Gasteiger partial charge in [0.25, 0.3) is 0 Å². The molecule has 0 saturated carbocycles. The summed E-state index contributed by atoms with van der Waals surface area (Å²) in [5, 5.41) is 2.76. The van der Waals surface area contributed by atoms with Gasteiger partial charge < -0.3 is 10.2 Å². The third-order valence-electron chi connectivity index (χ3n) is 4.42. The standard InChI is InChI=1S/C16H23N3O3S/c20-16-7-4-13-12-14(5-6-15(13)18-16)23(21,22)17-8-3-11-19-9-1-2-10-19/h5-6,12,17H,1-4,7-11H2,(H,18,20). The van der Waals surface area contributed by atoms with Gasteiger partial charge in [-0.25, -0.2) is 13.1 Å². The van der Waals surface area contributed by atoms with Crippen molar-refractivity contribution in [1.82, 2.24) is 9.62 Å². The molecule has 1 amide bonds. The average molecular weight is 337 g/mol. The van der Waals surface area contributed by atoms with Crippen molar-refractivity contribution < 1.29 is 13.2 Å². The molecule has 0 unspecified atom stereocenters. The third-order valence-corrected chi connectivity index (χ3v) is 5.88. The van der Waals surface area contributed by atoms with Crippen LogP contribution in [0.15, 0.2) is 23.1 Å². The van der Waals surface area contributed by atoms with Crippen LogP contribution in [-0.2, 0) is 21.2 Å². The molecule has 2 aliphatic heterocycles. The van der Waals surface area contributed by atoms with Crippen molar-refractivity contribution in [3.63, 3.8) is 0 Å². The maximum Gasteiger partial charge on any atom is 0.240 e. The van der Waals surface area contributed by atoms with E-state index in [0.29, 0.717) is 25.1 Å². The van der Waals surface area contributed by atoms with E-state index in [2.05, 4.69) is 14.9 Å². The molecule has 2 heterocycles. The quantitative estimate of drug-likeness (QED) is 0.768. The molecule has 3 rings (SSSR count). The van der Waals surface area contributed by atoms with E-state index < -0.39 is 10.0 Å². The molecule has 23 heavy (non-hydrogen) atoms. The number of anilines is 1. The number of hydrogen-bond donors (Lipinski definition) is 2. The minimum atomic E-state index is -3.48. The van der Waals surface area contributed by atoms with Crippen LogP contribution in [0.4, 0.5) is 5.69 Å². The maximum atomic E-state index is 12.4. The van der Waals surface area contributed by atoms with E-state index in [-0.39, 0.29) is 10.8 Å². The van der Waals surface area contributed by atoms with Crippen LogP contribution in [0.1, 0.15) is 31.2 Å². The highest BCUT2D eigenvalue weighted by Gasteiger charge is 2.19. The number of carbonyl (C=O) groups excluding carboxylic acids is 1. The number of carbonyl (C=O) groups is 1. The van der Waals surface area contributed by atoms with E-state index >= 15 is 0 Å². The van der Waals surface area contributed by atoms with Gasteiger partial charge in [-0.1, -0.05) is 0 Å². The van der Waals surface area contributed by atoms with E-state index in [1.165, 1.54) is 12.8 Å². The largest absolute Gasteiger partial charge is 0.326 e.